The normalized spacial score (nSPS) is 10.2. The van der Waals surface area contributed by atoms with Crippen molar-refractivity contribution >= 4 is 0 Å². The predicted octanol–water partition coefficient (Wildman–Crippen LogP) is 0.865. The Balaban J connectivity index is 2.52. The van der Waals surface area contributed by atoms with Crippen LogP contribution in [0.15, 0.2) is 29.1 Å². The highest BCUT2D eigenvalue weighted by Crippen LogP contribution is 2.28. The van der Waals surface area contributed by atoms with Crippen LogP contribution < -0.4 is 10.6 Å². The molecule has 0 aliphatic heterocycles. The summed E-state index contributed by atoms with van der Waals surface area (Å²) in [7, 11) is 1.53. The van der Waals surface area contributed by atoms with Gasteiger partial charge in [0.25, 0.3) is 5.95 Å². The molecule has 0 saturated carbocycles. The number of hydrogen-bond donors (Lipinski definition) is 1. The predicted molar refractivity (Wildman–Crippen MR) is 46.6 cm³/mol. The number of hydrogen-bond acceptors (Lipinski definition) is 4. The molecule has 2 heterocycles. The smallest absolute Gasteiger partial charge is 0.295 e. The summed E-state index contributed by atoms with van der Waals surface area (Å²) in [5.41, 5.74) is 0.745. The summed E-state index contributed by atoms with van der Waals surface area (Å²) < 4.78 is 11.5. The van der Waals surface area contributed by atoms with E-state index in [1.165, 1.54) is 18.0 Å². The molecule has 0 fully saturated rings. The first-order valence-electron chi connectivity index (χ1n) is 3.73. The number of aromatic nitrogens is 2. The lowest BCUT2D eigenvalue weighted by molar-refractivity contribution is 0.306. The van der Waals surface area contributed by atoms with Crippen LogP contribution in [0.4, 0.5) is 0 Å². The van der Waals surface area contributed by atoms with E-state index in [-0.39, 0.29) is 0 Å². The van der Waals surface area contributed by atoms with Crippen molar-refractivity contribution in [1.29, 1.82) is 0 Å². The molecule has 13 heavy (non-hydrogen) atoms. The molecule has 2 rings (SSSR count). The van der Waals surface area contributed by atoms with Gasteiger partial charge in [-0.15, -0.1) is 0 Å². The largest absolute Gasteiger partial charge is 0.468 e. The number of rotatable bonds is 2. The van der Waals surface area contributed by atoms with E-state index in [0.717, 1.165) is 5.56 Å². The Morgan fingerprint density at radius 1 is 1.62 bits per heavy atom. The molecule has 0 aliphatic carbocycles. The Hall–Kier alpha value is -1.91. The summed E-state index contributed by atoms with van der Waals surface area (Å²) in [5.74, 6) is 6.64. The number of furan rings is 1. The number of methoxy groups -OCH3 is 1. The van der Waals surface area contributed by atoms with Crippen molar-refractivity contribution in [3.05, 3.63) is 24.7 Å². The van der Waals surface area contributed by atoms with E-state index in [1.54, 1.807) is 18.5 Å². The molecule has 2 aromatic heterocycles. The molecule has 68 valence electrons. The van der Waals surface area contributed by atoms with Crippen molar-refractivity contribution in [2.45, 2.75) is 0 Å². The maximum Gasteiger partial charge on any atom is 0.295 e. The highest BCUT2D eigenvalue weighted by atomic mass is 16.6. The second kappa shape index (κ2) is 2.85. The van der Waals surface area contributed by atoms with Crippen LogP contribution in [0.1, 0.15) is 0 Å². The molecule has 0 saturated heterocycles. The number of nitrogens with two attached hydrogens (primary N) is 1. The lowest BCUT2D eigenvalue weighted by Gasteiger charge is -2.00. The Labute approximate surface area is 74.7 Å². The van der Waals surface area contributed by atoms with Gasteiger partial charge in [0, 0.05) is 12.4 Å². The fourth-order valence-electron chi connectivity index (χ4n) is 1.14. The van der Waals surface area contributed by atoms with Gasteiger partial charge in [-0.3, -0.25) is 4.68 Å². The highest BCUT2D eigenvalue weighted by molar-refractivity contribution is 5.61. The van der Waals surface area contributed by atoms with Crippen molar-refractivity contribution in [2.24, 2.45) is 0 Å². The van der Waals surface area contributed by atoms with Crippen molar-refractivity contribution in [3.8, 4) is 17.3 Å². The summed E-state index contributed by atoms with van der Waals surface area (Å²) in [4.78, 5) is 4.06. The third kappa shape index (κ3) is 1.14. The molecule has 0 aromatic carbocycles. The van der Waals surface area contributed by atoms with Crippen LogP contribution in [0.25, 0.3) is 11.4 Å². The van der Waals surface area contributed by atoms with E-state index in [0.29, 0.717) is 11.8 Å². The van der Waals surface area contributed by atoms with Gasteiger partial charge < -0.3 is 15.0 Å². The highest BCUT2D eigenvalue weighted by Gasteiger charge is 2.12. The summed E-state index contributed by atoms with van der Waals surface area (Å²) in [6.07, 6.45) is 4.80. The quantitative estimate of drug-likeness (QED) is 0.694. The molecule has 0 spiro atoms. The Bertz CT molecular complexity index is 405. The van der Waals surface area contributed by atoms with Crippen LogP contribution in [-0.4, -0.2) is 16.8 Å². The molecule has 5 heteroatoms. The van der Waals surface area contributed by atoms with Gasteiger partial charge in [0.05, 0.1) is 13.4 Å². The maximum absolute atomic E-state index is 5.61. The fourth-order valence-corrected chi connectivity index (χ4v) is 1.14. The minimum absolute atomic E-state index is 0.415. The molecule has 0 unspecified atom stereocenters. The lowest BCUT2D eigenvalue weighted by atomic mass is 10.3. The van der Waals surface area contributed by atoms with E-state index < -0.39 is 0 Å². The third-order valence-electron chi connectivity index (χ3n) is 1.72. The summed E-state index contributed by atoms with van der Waals surface area (Å²) in [6, 6.07) is 1.75. The Kier molecular flexibility index (Phi) is 1.70. The second-order valence-electron chi connectivity index (χ2n) is 2.48. The van der Waals surface area contributed by atoms with Crippen LogP contribution in [0.3, 0.4) is 0 Å². The van der Waals surface area contributed by atoms with Gasteiger partial charge in [0.15, 0.2) is 5.82 Å². The number of imidazole rings is 1. The van der Waals surface area contributed by atoms with E-state index in [2.05, 4.69) is 4.98 Å². The van der Waals surface area contributed by atoms with Gasteiger partial charge >= 0.3 is 0 Å². The minimum atomic E-state index is 0.415. The van der Waals surface area contributed by atoms with E-state index in [1.807, 2.05) is 0 Å². The van der Waals surface area contributed by atoms with E-state index in [9.17, 15) is 0 Å². The fraction of sp³-hybridized carbons (Fsp3) is 0.125. The first-order valence-corrected chi connectivity index (χ1v) is 3.73. The monoisotopic (exact) mass is 179 g/mol. The summed E-state index contributed by atoms with van der Waals surface area (Å²) >= 11 is 0. The molecule has 0 bridgehead atoms. The van der Waals surface area contributed by atoms with Gasteiger partial charge in [-0.05, 0) is 6.07 Å². The first-order chi connectivity index (χ1) is 6.33. The SMILES string of the molecule is COc1occc1-c1nccn1N. The van der Waals surface area contributed by atoms with Crippen molar-refractivity contribution in [2.75, 3.05) is 13.0 Å². The molecule has 5 nitrogen and oxygen atoms in total. The van der Waals surface area contributed by atoms with Crippen LogP contribution in [0.2, 0.25) is 0 Å². The number of nitrogen functional groups attached to an aromatic ring is 1. The molecule has 2 aromatic rings. The van der Waals surface area contributed by atoms with Gasteiger partial charge in [0.2, 0.25) is 0 Å². The molecule has 2 N–H and O–H groups in total. The molecule has 0 aliphatic rings. The van der Waals surface area contributed by atoms with Crippen LogP contribution in [-0.2, 0) is 0 Å². The van der Waals surface area contributed by atoms with Crippen LogP contribution in [0.5, 0.6) is 5.95 Å². The molecule has 0 atom stereocenters. The van der Waals surface area contributed by atoms with Crippen molar-refractivity contribution in [3.63, 3.8) is 0 Å². The topological polar surface area (TPSA) is 66.2 Å². The average molecular weight is 179 g/mol. The molecular formula is C8H9N3O2. The molecule has 0 radical (unpaired) electrons. The van der Waals surface area contributed by atoms with E-state index in [4.69, 9.17) is 15.0 Å². The number of nitrogens with zero attached hydrogens (tertiary/aromatic N) is 2. The zero-order valence-corrected chi connectivity index (χ0v) is 7.10. The standard InChI is InChI=1S/C8H9N3O2/c1-12-8-6(2-5-13-8)7-10-3-4-11(7)9/h2-5H,9H2,1H3. The zero-order chi connectivity index (χ0) is 9.26. The Morgan fingerprint density at radius 3 is 3.08 bits per heavy atom. The van der Waals surface area contributed by atoms with Crippen molar-refractivity contribution < 1.29 is 9.15 Å². The van der Waals surface area contributed by atoms with Gasteiger partial charge in [0.1, 0.15) is 5.56 Å². The maximum atomic E-state index is 5.61. The van der Waals surface area contributed by atoms with E-state index >= 15 is 0 Å². The minimum Gasteiger partial charge on any atom is -0.468 e. The second-order valence-corrected chi connectivity index (χ2v) is 2.48. The van der Waals surface area contributed by atoms with Gasteiger partial charge in [-0.2, -0.15) is 0 Å². The zero-order valence-electron chi connectivity index (χ0n) is 7.10. The third-order valence-corrected chi connectivity index (χ3v) is 1.72. The number of ether oxygens (including phenoxy) is 1. The lowest BCUT2D eigenvalue weighted by Crippen LogP contribution is -2.08. The summed E-state index contributed by atoms with van der Waals surface area (Å²) in [6.45, 7) is 0. The van der Waals surface area contributed by atoms with Crippen molar-refractivity contribution in [1.82, 2.24) is 9.66 Å². The van der Waals surface area contributed by atoms with Crippen LogP contribution in [0, 0.1) is 0 Å². The van der Waals surface area contributed by atoms with Gasteiger partial charge in [-0.1, -0.05) is 0 Å². The molecule has 0 amide bonds. The molecular weight excluding hydrogens is 170 g/mol. The summed E-state index contributed by atoms with van der Waals surface area (Å²) in [5, 5.41) is 0. The van der Waals surface area contributed by atoms with Crippen LogP contribution >= 0.6 is 0 Å². The average Bonchev–Trinajstić information content (AvgIpc) is 2.71. The van der Waals surface area contributed by atoms with Gasteiger partial charge in [-0.25, -0.2) is 4.98 Å². The Morgan fingerprint density at radius 2 is 2.46 bits per heavy atom. The first kappa shape index (κ1) is 7.72.